The zero-order chi connectivity index (χ0) is 18.4. The molecule has 1 fully saturated rings. The smallest absolute Gasteiger partial charge is 0.373 e. The predicted molar refractivity (Wildman–Crippen MR) is 85.0 cm³/mol. The largest absolute Gasteiger partial charge is 0.416 e. The van der Waals surface area contributed by atoms with E-state index in [1.807, 2.05) is 0 Å². The molecule has 3 amide bonds. The summed E-state index contributed by atoms with van der Waals surface area (Å²) in [6, 6.07) is 3.76. The lowest BCUT2D eigenvalue weighted by Gasteiger charge is -2.33. The Morgan fingerprint density at radius 2 is 2.00 bits per heavy atom. The number of anilines is 1. The highest BCUT2D eigenvalue weighted by Crippen LogP contribution is 2.29. The molecule has 25 heavy (non-hydrogen) atoms. The van der Waals surface area contributed by atoms with Crippen molar-refractivity contribution in [3.05, 3.63) is 42.5 Å². The fraction of sp³-hybridized carbons (Fsp3) is 0.375. The maximum atomic E-state index is 12.5. The van der Waals surface area contributed by atoms with E-state index in [0.717, 1.165) is 18.2 Å². The van der Waals surface area contributed by atoms with Crippen LogP contribution in [0.4, 0.5) is 23.7 Å². The molecule has 136 valence electrons. The second-order valence-electron chi connectivity index (χ2n) is 5.39. The minimum absolute atomic E-state index is 0.231. The van der Waals surface area contributed by atoms with Crippen LogP contribution in [0.5, 0.6) is 0 Å². The van der Waals surface area contributed by atoms with Gasteiger partial charge in [0.2, 0.25) is 5.91 Å². The number of rotatable bonds is 4. The third-order valence-electron chi connectivity index (χ3n) is 3.58. The number of nitrogens with one attached hydrogen (secondary N) is 2. The number of ether oxygens (including phenoxy) is 1. The molecule has 0 aliphatic carbocycles. The van der Waals surface area contributed by atoms with E-state index in [2.05, 4.69) is 17.2 Å². The molecular formula is C16H18F3N3O3. The number of carbonyl (C=O) groups excluding carboxylic acids is 2. The van der Waals surface area contributed by atoms with Crippen LogP contribution in [0.2, 0.25) is 0 Å². The molecule has 0 bridgehead atoms. The number of benzene rings is 1. The lowest BCUT2D eigenvalue weighted by Crippen LogP contribution is -2.50. The van der Waals surface area contributed by atoms with Gasteiger partial charge in [-0.25, -0.2) is 4.79 Å². The minimum atomic E-state index is -4.42. The van der Waals surface area contributed by atoms with Crippen molar-refractivity contribution < 1.29 is 27.5 Å². The van der Waals surface area contributed by atoms with Crippen LogP contribution in [0.25, 0.3) is 0 Å². The molecule has 1 saturated heterocycles. The number of morpholine rings is 1. The van der Waals surface area contributed by atoms with Crippen LogP contribution in [-0.4, -0.2) is 49.2 Å². The zero-order valence-corrected chi connectivity index (χ0v) is 13.3. The summed E-state index contributed by atoms with van der Waals surface area (Å²) in [6.07, 6.45) is -3.65. The summed E-state index contributed by atoms with van der Waals surface area (Å²) < 4.78 is 43.0. The van der Waals surface area contributed by atoms with Crippen LogP contribution in [0.3, 0.4) is 0 Å². The van der Waals surface area contributed by atoms with Crippen molar-refractivity contribution in [2.24, 2.45) is 0 Å². The van der Waals surface area contributed by atoms with Crippen LogP contribution >= 0.6 is 0 Å². The first-order valence-electron chi connectivity index (χ1n) is 7.54. The van der Waals surface area contributed by atoms with Crippen molar-refractivity contribution in [1.29, 1.82) is 0 Å². The predicted octanol–water partition coefficient (Wildman–Crippen LogP) is 2.24. The van der Waals surface area contributed by atoms with Crippen LogP contribution in [0.1, 0.15) is 5.56 Å². The molecule has 1 aliphatic rings. The number of carbonyl (C=O) groups is 2. The van der Waals surface area contributed by atoms with Crippen molar-refractivity contribution in [3.8, 4) is 0 Å². The number of hydrogen-bond acceptors (Lipinski definition) is 3. The van der Waals surface area contributed by atoms with Gasteiger partial charge in [0.25, 0.3) is 0 Å². The molecule has 2 N–H and O–H groups in total. The Kier molecular flexibility index (Phi) is 6.02. The van der Waals surface area contributed by atoms with Crippen LogP contribution in [0.15, 0.2) is 36.9 Å². The second-order valence-corrected chi connectivity index (χ2v) is 5.39. The van der Waals surface area contributed by atoms with Gasteiger partial charge in [0.05, 0.1) is 24.8 Å². The molecule has 0 saturated carbocycles. The first-order chi connectivity index (χ1) is 11.8. The Morgan fingerprint density at radius 1 is 1.32 bits per heavy atom. The molecule has 6 nitrogen and oxygen atoms in total. The highest BCUT2D eigenvalue weighted by molar-refractivity contribution is 5.89. The summed E-state index contributed by atoms with van der Waals surface area (Å²) in [5.74, 6) is -0.338. The average Bonchev–Trinajstić information content (AvgIpc) is 2.59. The lowest BCUT2D eigenvalue weighted by molar-refractivity contribution is -0.137. The minimum Gasteiger partial charge on any atom is -0.373 e. The van der Waals surface area contributed by atoms with E-state index in [1.165, 1.54) is 17.0 Å². The maximum Gasteiger partial charge on any atom is 0.416 e. The van der Waals surface area contributed by atoms with Crippen molar-refractivity contribution in [2.45, 2.75) is 12.3 Å². The van der Waals surface area contributed by atoms with Crippen molar-refractivity contribution in [2.75, 3.05) is 31.6 Å². The van der Waals surface area contributed by atoms with Crippen molar-refractivity contribution in [1.82, 2.24) is 10.2 Å². The van der Waals surface area contributed by atoms with E-state index in [1.54, 1.807) is 0 Å². The van der Waals surface area contributed by atoms with Crippen LogP contribution in [-0.2, 0) is 15.7 Å². The van der Waals surface area contributed by atoms with E-state index in [0.29, 0.717) is 13.2 Å². The van der Waals surface area contributed by atoms with Crippen molar-refractivity contribution in [3.63, 3.8) is 0 Å². The van der Waals surface area contributed by atoms with Gasteiger partial charge in [-0.1, -0.05) is 6.58 Å². The van der Waals surface area contributed by atoms with Crippen LogP contribution in [0, 0.1) is 0 Å². The van der Waals surface area contributed by atoms with Gasteiger partial charge in [0.15, 0.2) is 0 Å². The Bertz CT molecular complexity index is 632. The van der Waals surface area contributed by atoms with E-state index in [4.69, 9.17) is 4.74 Å². The normalized spacial score (nSPS) is 17.7. The van der Waals surface area contributed by atoms with Gasteiger partial charge >= 0.3 is 12.2 Å². The topological polar surface area (TPSA) is 70.7 Å². The van der Waals surface area contributed by atoms with E-state index in [9.17, 15) is 22.8 Å². The molecule has 0 radical (unpaired) electrons. The number of alkyl halides is 3. The first-order valence-corrected chi connectivity index (χ1v) is 7.54. The van der Waals surface area contributed by atoms with Gasteiger partial charge in [0, 0.05) is 18.8 Å². The highest BCUT2D eigenvalue weighted by Gasteiger charge is 2.30. The quantitative estimate of drug-likeness (QED) is 0.812. The molecular weight excluding hydrogens is 339 g/mol. The number of amides is 3. The third-order valence-corrected chi connectivity index (χ3v) is 3.58. The van der Waals surface area contributed by atoms with Gasteiger partial charge in [-0.2, -0.15) is 13.2 Å². The Labute approximate surface area is 142 Å². The van der Waals surface area contributed by atoms with Crippen molar-refractivity contribution >= 4 is 17.6 Å². The summed E-state index contributed by atoms with van der Waals surface area (Å²) in [7, 11) is 0. The van der Waals surface area contributed by atoms with E-state index < -0.39 is 17.8 Å². The first kappa shape index (κ1) is 18.8. The van der Waals surface area contributed by atoms with E-state index in [-0.39, 0.29) is 30.8 Å². The lowest BCUT2D eigenvalue weighted by atomic mass is 10.2. The van der Waals surface area contributed by atoms with Gasteiger partial charge in [-0.15, -0.1) is 0 Å². The fourth-order valence-electron chi connectivity index (χ4n) is 2.26. The summed E-state index contributed by atoms with van der Waals surface area (Å²) in [6.45, 7) is 4.47. The average molecular weight is 357 g/mol. The molecule has 0 spiro atoms. The Hall–Kier alpha value is -2.55. The summed E-state index contributed by atoms with van der Waals surface area (Å²) in [5.41, 5.74) is -0.518. The molecule has 2 rings (SSSR count). The van der Waals surface area contributed by atoms with E-state index >= 15 is 0 Å². The number of nitrogens with zero attached hydrogens (tertiary/aromatic N) is 1. The number of hydrogen-bond donors (Lipinski definition) is 2. The maximum absolute atomic E-state index is 12.5. The van der Waals surface area contributed by atoms with Crippen LogP contribution < -0.4 is 10.6 Å². The molecule has 0 aromatic heterocycles. The summed E-state index contributed by atoms with van der Waals surface area (Å²) >= 11 is 0. The Balaban J connectivity index is 1.89. The monoisotopic (exact) mass is 357 g/mol. The second kappa shape index (κ2) is 8.02. The van der Waals surface area contributed by atoms with Gasteiger partial charge < -0.3 is 20.3 Å². The van der Waals surface area contributed by atoms with Gasteiger partial charge in [-0.3, -0.25) is 4.79 Å². The molecule has 0 unspecified atom stereocenters. The molecule has 9 heteroatoms. The summed E-state index contributed by atoms with van der Waals surface area (Å²) in [5, 5.41) is 5.13. The van der Waals surface area contributed by atoms with Gasteiger partial charge in [-0.05, 0) is 30.3 Å². The molecule has 1 aromatic carbocycles. The molecule has 1 aromatic rings. The molecule has 1 aliphatic heterocycles. The fourth-order valence-corrected chi connectivity index (χ4v) is 2.26. The van der Waals surface area contributed by atoms with Gasteiger partial charge in [0.1, 0.15) is 0 Å². The SMILES string of the molecule is C=CC(=O)NC[C@H]1CN(C(=O)Nc2ccc(C(F)(F)F)cc2)CCO1. The zero-order valence-electron chi connectivity index (χ0n) is 13.3. The Morgan fingerprint density at radius 3 is 2.60 bits per heavy atom. The molecule has 1 heterocycles. The number of halogens is 3. The molecule has 1 atom stereocenters. The summed E-state index contributed by atoms with van der Waals surface area (Å²) in [4.78, 5) is 24.9. The third kappa shape index (κ3) is 5.49. The standard InChI is InChI=1S/C16H18F3N3O3/c1-2-14(23)20-9-13-10-22(7-8-25-13)15(24)21-12-5-3-11(4-6-12)16(17,18)19/h2-6,13H,1,7-10H2,(H,20,23)(H,21,24)/t13-/m0/s1. The number of urea groups is 1. The highest BCUT2D eigenvalue weighted by atomic mass is 19.4.